The highest BCUT2D eigenvalue weighted by molar-refractivity contribution is 7.85. The van der Waals surface area contributed by atoms with E-state index in [2.05, 4.69) is 0 Å². The van der Waals surface area contributed by atoms with Crippen molar-refractivity contribution in [2.75, 3.05) is 5.73 Å². The van der Waals surface area contributed by atoms with Gasteiger partial charge in [-0.15, -0.1) is 0 Å². The molecule has 72 valence electrons. The lowest BCUT2D eigenvalue weighted by Gasteiger charge is -2.01. The molecule has 0 aliphatic carbocycles. The van der Waals surface area contributed by atoms with Gasteiger partial charge in [-0.25, -0.2) is 8.78 Å². The number of hydrogen-bond acceptors (Lipinski definition) is 3. The second-order valence-electron chi connectivity index (χ2n) is 2.28. The van der Waals surface area contributed by atoms with E-state index in [0.29, 0.717) is 12.1 Å². The van der Waals surface area contributed by atoms with Gasteiger partial charge in [0.15, 0.2) is 0 Å². The number of benzene rings is 1. The van der Waals surface area contributed by atoms with Crippen molar-refractivity contribution in [2.24, 2.45) is 0 Å². The predicted octanol–water partition coefficient (Wildman–Crippen LogP) is 0.794. The number of nitrogens with two attached hydrogens (primary N) is 1. The maximum absolute atomic E-state index is 12.7. The van der Waals surface area contributed by atoms with Gasteiger partial charge in [0.05, 0.1) is 5.69 Å². The first-order chi connectivity index (χ1) is 5.82. The highest BCUT2D eigenvalue weighted by Gasteiger charge is 2.18. The third-order valence-electron chi connectivity index (χ3n) is 1.33. The van der Waals surface area contributed by atoms with Gasteiger partial charge in [-0.1, -0.05) is 0 Å². The summed E-state index contributed by atoms with van der Waals surface area (Å²) in [4.78, 5) is -1.13. The fraction of sp³-hybridized carbons (Fsp3) is 0. The molecular weight excluding hydrogens is 204 g/mol. The Morgan fingerprint density at radius 3 is 2.23 bits per heavy atom. The lowest BCUT2D eigenvalue weighted by molar-refractivity contribution is 0.471. The molecule has 0 aliphatic heterocycles. The quantitative estimate of drug-likeness (QED) is 0.529. The molecule has 0 aromatic heterocycles. The molecule has 0 unspecified atom stereocenters. The predicted molar refractivity (Wildman–Crippen MR) is 40.6 cm³/mol. The molecule has 0 amide bonds. The van der Waals surface area contributed by atoms with E-state index in [-0.39, 0.29) is 0 Å². The van der Waals surface area contributed by atoms with Crippen molar-refractivity contribution in [1.82, 2.24) is 0 Å². The molecule has 7 heteroatoms. The molecule has 0 aliphatic rings. The first-order valence-electron chi connectivity index (χ1n) is 3.04. The Kier molecular flexibility index (Phi) is 2.22. The van der Waals surface area contributed by atoms with Crippen LogP contribution in [0.15, 0.2) is 17.0 Å². The van der Waals surface area contributed by atoms with Crippen LogP contribution in [0.2, 0.25) is 0 Å². The van der Waals surface area contributed by atoms with Crippen LogP contribution >= 0.6 is 0 Å². The van der Waals surface area contributed by atoms with Gasteiger partial charge in [0.1, 0.15) is 16.5 Å². The molecule has 1 rings (SSSR count). The van der Waals surface area contributed by atoms with E-state index in [1.807, 2.05) is 0 Å². The monoisotopic (exact) mass is 209 g/mol. The van der Waals surface area contributed by atoms with Crippen LogP contribution in [0.25, 0.3) is 0 Å². The van der Waals surface area contributed by atoms with Crippen LogP contribution in [0.5, 0.6) is 0 Å². The van der Waals surface area contributed by atoms with Crippen LogP contribution in [0.1, 0.15) is 0 Å². The standard InChI is InChI=1S/C6H5F2NO3S/c7-3-2-6(13(10,11)12)4(8)1-5(3)9/h1-2H,9H2,(H,10,11,12). The van der Waals surface area contributed by atoms with E-state index >= 15 is 0 Å². The number of anilines is 1. The normalized spacial score (nSPS) is 11.6. The number of hydrogen-bond donors (Lipinski definition) is 2. The Hall–Kier alpha value is -1.21. The van der Waals surface area contributed by atoms with Gasteiger partial charge in [0.25, 0.3) is 10.1 Å². The molecule has 0 radical (unpaired) electrons. The molecule has 0 saturated carbocycles. The second kappa shape index (κ2) is 2.93. The van der Waals surface area contributed by atoms with Crippen molar-refractivity contribution in [1.29, 1.82) is 0 Å². The summed E-state index contributed by atoms with van der Waals surface area (Å²) in [5.74, 6) is -2.39. The molecule has 0 spiro atoms. The fourth-order valence-corrected chi connectivity index (χ4v) is 1.30. The Morgan fingerprint density at radius 1 is 1.23 bits per heavy atom. The molecule has 1 aromatic carbocycles. The zero-order valence-corrected chi connectivity index (χ0v) is 6.98. The molecule has 4 nitrogen and oxygen atoms in total. The molecule has 1 aromatic rings. The van der Waals surface area contributed by atoms with Gasteiger partial charge < -0.3 is 5.73 Å². The third-order valence-corrected chi connectivity index (χ3v) is 2.20. The topological polar surface area (TPSA) is 80.4 Å². The van der Waals surface area contributed by atoms with Crippen LogP contribution in [0.4, 0.5) is 14.5 Å². The van der Waals surface area contributed by atoms with Gasteiger partial charge >= 0.3 is 0 Å². The minimum atomic E-state index is -4.74. The zero-order chi connectivity index (χ0) is 10.2. The Balaban J connectivity index is 3.50. The minimum Gasteiger partial charge on any atom is -0.396 e. The summed E-state index contributed by atoms with van der Waals surface area (Å²) in [7, 11) is -4.74. The van der Waals surface area contributed by atoms with Gasteiger partial charge in [-0.3, -0.25) is 4.55 Å². The summed E-state index contributed by atoms with van der Waals surface area (Å²) >= 11 is 0. The molecule has 0 heterocycles. The average molecular weight is 209 g/mol. The molecular formula is C6H5F2NO3S. The Labute approximate surface area is 72.7 Å². The Bertz CT molecular complexity index is 443. The molecule has 0 fully saturated rings. The maximum Gasteiger partial charge on any atom is 0.297 e. The number of nitrogen functional groups attached to an aromatic ring is 1. The van der Waals surface area contributed by atoms with E-state index in [9.17, 15) is 17.2 Å². The lowest BCUT2D eigenvalue weighted by Crippen LogP contribution is -2.04. The number of halogens is 2. The molecule has 0 saturated heterocycles. The van der Waals surface area contributed by atoms with E-state index < -0.39 is 32.3 Å². The van der Waals surface area contributed by atoms with Crippen molar-refractivity contribution in [3.8, 4) is 0 Å². The summed E-state index contributed by atoms with van der Waals surface area (Å²) in [6.07, 6.45) is 0. The fourth-order valence-electron chi connectivity index (χ4n) is 0.742. The van der Waals surface area contributed by atoms with E-state index in [4.69, 9.17) is 10.3 Å². The summed E-state index contributed by atoms with van der Waals surface area (Å²) < 4.78 is 54.6. The van der Waals surface area contributed by atoms with Crippen molar-refractivity contribution in [2.45, 2.75) is 4.90 Å². The zero-order valence-electron chi connectivity index (χ0n) is 6.16. The minimum absolute atomic E-state index is 0.319. The first-order valence-corrected chi connectivity index (χ1v) is 4.48. The van der Waals surface area contributed by atoms with Crippen LogP contribution in [-0.2, 0) is 10.1 Å². The highest BCUT2D eigenvalue weighted by atomic mass is 32.2. The van der Waals surface area contributed by atoms with Crippen LogP contribution in [0.3, 0.4) is 0 Å². The van der Waals surface area contributed by atoms with Crippen LogP contribution in [-0.4, -0.2) is 13.0 Å². The van der Waals surface area contributed by atoms with Gasteiger partial charge in [-0.2, -0.15) is 8.42 Å². The second-order valence-corrected chi connectivity index (χ2v) is 3.67. The molecule has 0 bridgehead atoms. The molecule has 0 atom stereocenters. The average Bonchev–Trinajstić information content (AvgIpc) is 1.94. The lowest BCUT2D eigenvalue weighted by atomic mass is 10.3. The first kappa shape index (κ1) is 9.87. The molecule has 13 heavy (non-hydrogen) atoms. The van der Waals surface area contributed by atoms with Gasteiger partial charge in [0.2, 0.25) is 0 Å². The largest absolute Gasteiger partial charge is 0.396 e. The van der Waals surface area contributed by atoms with E-state index in [1.54, 1.807) is 0 Å². The maximum atomic E-state index is 12.7. The van der Waals surface area contributed by atoms with Crippen molar-refractivity contribution in [3.63, 3.8) is 0 Å². The third kappa shape index (κ3) is 1.93. The summed E-state index contributed by atoms with van der Waals surface area (Å²) in [6, 6.07) is 0.804. The van der Waals surface area contributed by atoms with Crippen LogP contribution < -0.4 is 5.73 Å². The van der Waals surface area contributed by atoms with Gasteiger partial charge in [0, 0.05) is 12.1 Å². The van der Waals surface area contributed by atoms with Gasteiger partial charge in [-0.05, 0) is 0 Å². The summed E-state index contributed by atoms with van der Waals surface area (Å²) in [6.45, 7) is 0. The Morgan fingerprint density at radius 2 is 1.77 bits per heavy atom. The smallest absolute Gasteiger partial charge is 0.297 e. The van der Waals surface area contributed by atoms with Crippen molar-refractivity contribution < 1.29 is 21.8 Å². The number of rotatable bonds is 1. The van der Waals surface area contributed by atoms with Crippen molar-refractivity contribution in [3.05, 3.63) is 23.8 Å². The van der Waals surface area contributed by atoms with E-state index in [0.717, 1.165) is 0 Å². The van der Waals surface area contributed by atoms with E-state index in [1.165, 1.54) is 0 Å². The molecule has 3 N–H and O–H groups in total. The SMILES string of the molecule is Nc1cc(F)c(S(=O)(=O)O)cc1F. The summed E-state index contributed by atoms with van der Waals surface area (Å²) in [5, 5.41) is 0. The van der Waals surface area contributed by atoms with Crippen LogP contribution in [0, 0.1) is 11.6 Å². The van der Waals surface area contributed by atoms with Crippen molar-refractivity contribution >= 4 is 15.8 Å². The summed E-state index contributed by atoms with van der Waals surface area (Å²) in [5.41, 5.74) is 4.42. The highest BCUT2D eigenvalue weighted by Crippen LogP contribution is 2.20.